The number of oxime groups is 1. The van der Waals surface area contributed by atoms with Crippen molar-refractivity contribution in [1.82, 2.24) is 4.98 Å². The summed E-state index contributed by atoms with van der Waals surface area (Å²) in [6.07, 6.45) is 0. The third-order valence-electron chi connectivity index (χ3n) is 2.01. The molecule has 0 aromatic carbocycles. The van der Waals surface area contributed by atoms with Crippen LogP contribution in [0.5, 0.6) is 0 Å². The maximum atomic E-state index is 11.8. The van der Waals surface area contributed by atoms with Gasteiger partial charge in [0.25, 0.3) is 0 Å². The lowest BCUT2D eigenvalue weighted by atomic mass is 10.2. The number of carbonyl (C=O) groups excluding carboxylic acids is 2. The van der Waals surface area contributed by atoms with Crippen molar-refractivity contribution in [2.24, 2.45) is 5.16 Å². The standard InChI is InChI=1S/C12H17N3O6/c1-12(2,3)21-11(17)9-14-6(8(13)20-9)7(15-19-5)10(16)18-4/h13H2,1-5H3/b15-7-. The molecule has 9 nitrogen and oxygen atoms in total. The van der Waals surface area contributed by atoms with Gasteiger partial charge in [0.2, 0.25) is 11.6 Å². The van der Waals surface area contributed by atoms with Crippen LogP contribution in [0.15, 0.2) is 9.57 Å². The third-order valence-corrected chi connectivity index (χ3v) is 2.01. The highest BCUT2D eigenvalue weighted by Gasteiger charge is 2.29. The number of rotatable bonds is 4. The van der Waals surface area contributed by atoms with Crippen molar-refractivity contribution < 1.29 is 28.3 Å². The molecule has 116 valence electrons. The summed E-state index contributed by atoms with van der Waals surface area (Å²) in [5.74, 6) is -2.34. The maximum Gasteiger partial charge on any atom is 0.395 e. The van der Waals surface area contributed by atoms with E-state index in [2.05, 4.69) is 19.7 Å². The molecule has 0 aliphatic rings. The summed E-state index contributed by atoms with van der Waals surface area (Å²) in [5, 5.41) is 3.46. The van der Waals surface area contributed by atoms with Crippen molar-refractivity contribution in [1.29, 1.82) is 0 Å². The molecule has 0 saturated carbocycles. The van der Waals surface area contributed by atoms with E-state index in [1.54, 1.807) is 20.8 Å². The number of ether oxygens (including phenoxy) is 2. The molecule has 0 saturated heterocycles. The molecule has 0 unspecified atom stereocenters. The zero-order valence-corrected chi connectivity index (χ0v) is 12.4. The zero-order valence-electron chi connectivity index (χ0n) is 12.4. The molecule has 21 heavy (non-hydrogen) atoms. The Balaban J connectivity index is 3.15. The smallest absolute Gasteiger partial charge is 0.395 e. The van der Waals surface area contributed by atoms with E-state index in [4.69, 9.17) is 14.9 Å². The average molecular weight is 299 g/mol. The Morgan fingerprint density at radius 1 is 1.29 bits per heavy atom. The van der Waals surface area contributed by atoms with Crippen molar-refractivity contribution in [3.63, 3.8) is 0 Å². The molecule has 1 aromatic rings. The topological polar surface area (TPSA) is 126 Å². The summed E-state index contributed by atoms with van der Waals surface area (Å²) >= 11 is 0. The van der Waals surface area contributed by atoms with Gasteiger partial charge in [0.1, 0.15) is 12.7 Å². The summed E-state index contributed by atoms with van der Waals surface area (Å²) in [6, 6.07) is 0. The second kappa shape index (κ2) is 6.25. The molecule has 1 heterocycles. The summed E-state index contributed by atoms with van der Waals surface area (Å²) in [7, 11) is 2.38. The first-order chi connectivity index (χ1) is 9.69. The largest absolute Gasteiger partial charge is 0.464 e. The molecule has 2 N–H and O–H groups in total. The lowest BCUT2D eigenvalue weighted by Crippen LogP contribution is -2.24. The first-order valence-corrected chi connectivity index (χ1v) is 5.89. The lowest BCUT2D eigenvalue weighted by molar-refractivity contribution is -0.132. The van der Waals surface area contributed by atoms with E-state index in [1.807, 2.05) is 0 Å². The third kappa shape index (κ3) is 4.20. The van der Waals surface area contributed by atoms with Crippen molar-refractivity contribution >= 4 is 23.5 Å². The van der Waals surface area contributed by atoms with E-state index in [9.17, 15) is 9.59 Å². The molecular formula is C12H17N3O6. The molecule has 0 spiro atoms. The Kier molecular flexibility index (Phi) is 4.90. The zero-order chi connectivity index (χ0) is 16.2. The number of methoxy groups -OCH3 is 1. The van der Waals surface area contributed by atoms with Gasteiger partial charge in [-0.15, -0.1) is 0 Å². The molecule has 1 aromatic heterocycles. The van der Waals surface area contributed by atoms with E-state index in [-0.39, 0.29) is 17.3 Å². The van der Waals surface area contributed by atoms with Crippen molar-refractivity contribution in [3.05, 3.63) is 11.6 Å². The van der Waals surface area contributed by atoms with Crippen LogP contribution in [0, 0.1) is 0 Å². The van der Waals surface area contributed by atoms with Crippen LogP contribution in [0.25, 0.3) is 0 Å². The van der Waals surface area contributed by atoms with E-state index in [0.717, 1.165) is 7.11 Å². The van der Waals surface area contributed by atoms with Gasteiger partial charge in [-0.2, -0.15) is 4.98 Å². The minimum absolute atomic E-state index is 0.162. The molecular weight excluding hydrogens is 282 g/mol. The molecule has 0 amide bonds. The minimum Gasteiger partial charge on any atom is -0.464 e. The molecule has 0 radical (unpaired) electrons. The Hall–Kier alpha value is -2.58. The van der Waals surface area contributed by atoms with E-state index >= 15 is 0 Å². The van der Waals surface area contributed by atoms with Crippen LogP contribution in [0.1, 0.15) is 37.2 Å². The summed E-state index contributed by atoms with van der Waals surface area (Å²) in [5.41, 5.74) is 4.37. The molecule has 0 fully saturated rings. The van der Waals surface area contributed by atoms with Gasteiger partial charge in [0, 0.05) is 0 Å². The number of esters is 2. The molecule has 1 rings (SSSR count). The molecule has 0 aliphatic carbocycles. The Morgan fingerprint density at radius 3 is 2.38 bits per heavy atom. The summed E-state index contributed by atoms with van der Waals surface area (Å²) in [6.45, 7) is 5.05. The van der Waals surface area contributed by atoms with Crippen LogP contribution in [0.2, 0.25) is 0 Å². The second-order valence-corrected chi connectivity index (χ2v) is 4.85. The second-order valence-electron chi connectivity index (χ2n) is 4.85. The van der Waals surface area contributed by atoms with Gasteiger partial charge in [-0.25, -0.2) is 9.59 Å². The quantitative estimate of drug-likeness (QED) is 0.490. The SMILES string of the molecule is CO/N=C(\C(=O)OC)c1nc(C(=O)OC(C)(C)C)oc1N. The van der Waals surface area contributed by atoms with Gasteiger partial charge in [0.05, 0.1) is 7.11 Å². The Morgan fingerprint density at radius 2 is 1.90 bits per heavy atom. The number of nitrogen functional groups attached to an aromatic ring is 1. The van der Waals surface area contributed by atoms with Crippen molar-refractivity contribution in [3.8, 4) is 0 Å². The van der Waals surface area contributed by atoms with E-state index in [0.29, 0.717) is 0 Å². The van der Waals surface area contributed by atoms with E-state index in [1.165, 1.54) is 7.11 Å². The summed E-state index contributed by atoms with van der Waals surface area (Å²) in [4.78, 5) is 31.7. The fraction of sp³-hybridized carbons (Fsp3) is 0.500. The van der Waals surface area contributed by atoms with Gasteiger partial charge in [-0.05, 0) is 20.8 Å². The minimum atomic E-state index is -0.840. The van der Waals surface area contributed by atoms with E-state index < -0.39 is 23.4 Å². The fourth-order valence-corrected chi connectivity index (χ4v) is 1.28. The highest BCUT2D eigenvalue weighted by atomic mass is 16.6. The number of anilines is 1. The monoisotopic (exact) mass is 299 g/mol. The lowest BCUT2D eigenvalue weighted by Gasteiger charge is -2.17. The molecule has 0 bridgehead atoms. The Bertz CT molecular complexity index is 570. The van der Waals surface area contributed by atoms with Gasteiger partial charge < -0.3 is 24.5 Å². The van der Waals surface area contributed by atoms with Crippen LogP contribution in [0.4, 0.5) is 5.88 Å². The van der Waals surface area contributed by atoms with Crippen molar-refractivity contribution in [2.75, 3.05) is 20.0 Å². The number of nitrogens with zero attached hydrogens (tertiary/aromatic N) is 2. The molecule has 9 heteroatoms. The number of hydrogen-bond acceptors (Lipinski definition) is 9. The van der Waals surface area contributed by atoms with Crippen LogP contribution in [-0.2, 0) is 19.1 Å². The van der Waals surface area contributed by atoms with Crippen molar-refractivity contribution in [2.45, 2.75) is 26.4 Å². The average Bonchev–Trinajstić information content (AvgIpc) is 2.75. The maximum absolute atomic E-state index is 11.8. The molecule has 0 atom stereocenters. The first-order valence-electron chi connectivity index (χ1n) is 5.89. The number of hydrogen-bond donors (Lipinski definition) is 1. The summed E-state index contributed by atoms with van der Waals surface area (Å²) < 4.78 is 14.6. The van der Waals surface area contributed by atoms with Crippen LogP contribution in [-0.4, -0.2) is 42.5 Å². The van der Waals surface area contributed by atoms with Gasteiger partial charge >= 0.3 is 17.8 Å². The van der Waals surface area contributed by atoms with Crippen LogP contribution >= 0.6 is 0 Å². The number of nitrogens with two attached hydrogens (primary N) is 1. The van der Waals surface area contributed by atoms with Gasteiger partial charge in [-0.1, -0.05) is 5.16 Å². The number of aromatic nitrogens is 1. The van der Waals surface area contributed by atoms with Gasteiger partial charge in [-0.3, -0.25) is 0 Å². The normalized spacial score (nSPS) is 12.0. The van der Waals surface area contributed by atoms with Gasteiger partial charge in [0.15, 0.2) is 5.69 Å². The number of carbonyl (C=O) groups is 2. The predicted molar refractivity (Wildman–Crippen MR) is 71.6 cm³/mol. The predicted octanol–water partition coefficient (Wildman–Crippen LogP) is 0.736. The number of oxazole rings is 1. The van der Waals surface area contributed by atoms with Crippen LogP contribution < -0.4 is 5.73 Å². The van der Waals surface area contributed by atoms with Crippen LogP contribution in [0.3, 0.4) is 0 Å². The highest BCUT2D eigenvalue weighted by molar-refractivity contribution is 6.43. The Labute approximate surface area is 121 Å². The first kappa shape index (κ1) is 16.5. The highest BCUT2D eigenvalue weighted by Crippen LogP contribution is 2.18. The molecule has 0 aliphatic heterocycles. The fourth-order valence-electron chi connectivity index (χ4n) is 1.28.